The number of nitrogens with zero attached hydrogens (tertiary/aromatic N) is 3. The van der Waals surface area contributed by atoms with E-state index in [0.717, 1.165) is 16.7 Å². The Kier molecular flexibility index (Phi) is 22.0. The lowest BCUT2D eigenvalue weighted by molar-refractivity contribution is -0.126. The van der Waals surface area contributed by atoms with Gasteiger partial charge in [-0.15, -0.1) is 0 Å². The summed E-state index contributed by atoms with van der Waals surface area (Å²) in [6, 6.07) is 24.5. The number of aryl methyl sites for hydroxylation is 3. The molecule has 0 fully saturated rings. The Bertz CT molecular complexity index is 2520. The molecule has 6 aromatic rings. The zero-order valence-electron chi connectivity index (χ0n) is 43.3. The lowest BCUT2D eigenvalue weighted by atomic mass is 9.85. The molecule has 3 heterocycles. The zero-order valence-corrected chi connectivity index (χ0v) is 43.3. The summed E-state index contributed by atoms with van der Waals surface area (Å²) < 4.78 is 15.6. The first-order valence-corrected chi connectivity index (χ1v) is 25.7. The minimum absolute atomic E-state index is 0.0728. The molecular formula is C55H70N12O9. The smallest absolute Gasteiger partial charge is 0.246 e. The predicted octanol–water partition coefficient (Wildman–Crippen LogP) is 5.14. The van der Waals surface area contributed by atoms with Gasteiger partial charge >= 0.3 is 0 Å². The Balaban J connectivity index is 1.22. The maximum Gasteiger partial charge on any atom is 0.246 e. The number of hydrogen-bond donors (Lipinski definition) is 9. The van der Waals surface area contributed by atoms with Gasteiger partial charge in [-0.3, -0.25) is 28.8 Å². The van der Waals surface area contributed by atoms with Gasteiger partial charge in [-0.1, -0.05) is 51.9 Å². The summed E-state index contributed by atoms with van der Waals surface area (Å²) in [5, 5.41) is 28.9. The molecule has 21 nitrogen and oxygen atoms in total. The third-order valence-electron chi connectivity index (χ3n) is 12.4. The van der Waals surface area contributed by atoms with E-state index in [1.807, 2.05) is 36.4 Å². The molecule has 76 heavy (non-hydrogen) atoms. The first-order chi connectivity index (χ1) is 36.7. The molecule has 0 radical (unpaired) electrons. The summed E-state index contributed by atoms with van der Waals surface area (Å²) in [7, 11) is 0. The second kappa shape index (κ2) is 29.2. The molecule has 0 aliphatic rings. The molecule has 6 rings (SSSR count). The number of carbonyl (C=O) groups is 6. The van der Waals surface area contributed by atoms with Crippen LogP contribution in [0.5, 0.6) is 0 Å². The highest BCUT2D eigenvalue weighted by atomic mass is 16.5. The van der Waals surface area contributed by atoms with Gasteiger partial charge in [0, 0.05) is 41.2 Å². The van der Waals surface area contributed by atoms with Gasteiger partial charge in [0.15, 0.2) is 0 Å². The van der Waals surface area contributed by atoms with Crippen LogP contribution in [0, 0.1) is 20.8 Å². The van der Waals surface area contributed by atoms with Crippen molar-refractivity contribution in [2.45, 2.75) is 122 Å². The van der Waals surface area contributed by atoms with E-state index in [1.54, 1.807) is 75.4 Å². The number of nitrogens with one attached hydrogen (secondary N) is 6. The second-order valence-electron chi connectivity index (χ2n) is 18.8. The Morgan fingerprint density at radius 2 is 0.684 bits per heavy atom. The minimum Gasteiger partial charge on any atom is -0.361 e. The minimum atomic E-state index is -0.837. The largest absolute Gasteiger partial charge is 0.361 e. The normalized spacial score (nSPS) is 12.4. The molecule has 0 saturated carbocycles. The van der Waals surface area contributed by atoms with Gasteiger partial charge in [0.1, 0.15) is 35.4 Å². The molecule has 0 aliphatic heterocycles. The molecule has 6 amide bonds. The molecule has 0 bridgehead atoms. The third kappa shape index (κ3) is 18.1. The number of anilines is 3. The van der Waals surface area contributed by atoms with Crippen LogP contribution in [0.2, 0.25) is 0 Å². The van der Waals surface area contributed by atoms with E-state index in [-0.39, 0.29) is 37.0 Å². The molecule has 0 saturated heterocycles. The molecule has 12 N–H and O–H groups in total. The van der Waals surface area contributed by atoms with Crippen molar-refractivity contribution in [1.82, 2.24) is 31.4 Å². The van der Waals surface area contributed by atoms with E-state index < -0.39 is 41.8 Å². The highest BCUT2D eigenvalue weighted by Crippen LogP contribution is 2.34. The standard InChI is InChI=1S/C55H70N12O9/c1-34-28-43(74-65-34)31-49(68)62-46(10-4-7-25-56)53(71)59-40-19-13-37(14-20-40)52(38-15-21-41(22-16-38)60-54(72)47(11-5-8-26-57)63-50(69)32-44-29-35(2)66-75-44)39-17-23-42(24-18-39)61-55(73)48(12-6-9-27-58)64-51(70)33-45-30-36(3)67-76-45/h13-24,28-30,46-48,52H,4-12,25-27,31-33,56-58H2,1-3H3,(H,59,71)(H,60,72)(H,61,73)(H,62,68)(H,63,69)(H,64,70)/t46-,47-,48-/m1/s1. The predicted molar refractivity (Wildman–Crippen MR) is 286 cm³/mol. The number of rotatable bonds is 30. The van der Waals surface area contributed by atoms with Gasteiger partial charge in [0.2, 0.25) is 35.4 Å². The van der Waals surface area contributed by atoms with Crippen LogP contribution in [0.1, 0.15) is 115 Å². The quantitative estimate of drug-likeness (QED) is 0.0208. The number of nitrogens with two attached hydrogens (primary N) is 3. The number of hydrogen-bond acceptors (Lipinski definition) is 15. The van der Waals surface area contributed by atoms with Crippen molar-refractivity contribution in [2.75, 3.05) is 35.6 Å². The van der Waals surface area contributed by atoms with Gasteiger partial charge in [-0.25, -0.2) is 0 Å². The van der Waals surface area contributed by atoms with Crippen molar-refractivity contribution in [3.8, 4) is 0 Å². The topological polar surface area (TPSA) is 331 Å². The van der Waals surface area contributed by atoms with Crippen LogP contribution in [0.3, 0.4) is 0 Å². The number of carbonyl (C=O) groups excluding carboxylic acids is 6. The average Bonchev–Trinajstić information content (AvgIpc) is 4.14. The highest BCUT2D eigenvalue weighted by molar-refractivity contribution is 5.99. The SMILES string of the molecule is Cc1cc(CC(=O)N[C@H](CCCCN)C(=O)Nc2ccc(C(c3ccc(NC(=O)[C@@H](CCCCN)NC(=O)Cc4cc(C)no4)cc3)c3ccc(NC(=O)[C@@H](CCCCN)NC(=O)Cc4cc(C)no4)cc3)cc2)on1. The molecule has 0 spiro atoms. The highest BCUT2D eigenvalue weighted by Gasteiger charge is 2.26. The fourth-order valence-electron chi connectivity index (χ4n) is 8.54. The average molecular weight is 1040 g/mol. The van der Waals surface area contributed by atoms with E-state index in [2.05, 4.69) is 47.4 Å². The summed E-state index contributed by atoms with van der Waals surface area (Å²) in [6.45, 7) is 6.61. The van der Waals surface area contributed by atoms with E-state index in [1.165, 1.54) is 0 Å². The first-order valence-electron chi connectivity index (χ1n) is 25.7. The summed E-state index contributed by atoms with van der Waals surface area (Å²) >= 11 is 0. The molecule has 3 aromatic carbocycles. The Labute approximate surface area is 441 Å². The summed E-state index contributed by atoms with van der Waals surface area (Å²) in [5.74, 6) is -1.57. The zero-order chi connectivity index (χ0) is 54.4. The number of amides is 6. The van der Waals surface area contributed by atoms with Gasteiger partial charge < -0.3 is 62.7 Å². The lowest BCUT2D eigenvalue weighted by Crippen LogP contribution is -2.44. The third-order valence-corrected chi connectivity index (χ3v) is 12.4. The Morgan fingerprint density at radius 3 is 0.908 bits per heavy atom. The maximum atomic E-state index is 13.7. The van der Waals surface area contributed by atoms with Crippen LogP contribution in [-0.2, 0) is 48.0 Å². The second-order valence-corrected chi connectivity index (χ2v) is 18.8. The fraction of sp³-hybridized carbons (Fsp3) is 0.400. The molecular weight excluding hydrogens is 973 g/mol. The van der Waals surface area contributed by atoms with E-state index >= 15 is 0 Å². The lowest BCUT2D eigenvalue weighted by Gasteiger charge is -2.22. The molecule has 0 aliphatic carbocycles. The van der Waals surface area contributed by atoms with Crippen LogP contribution < -0.4 is 49.1 Å². The van der Waals surface area contributed by atoms with Crippen LogP contribution in [0.4, 0.5) is 17.1 Å². The van der Waals surface area contributed by atoms with Crippen molar-refractivity contribution in [2.24, 2.45) is 17.2 Å². The maximum absolute atomic E-state index is 13.7. The van der Waals surface area contributed by atoms with Crippen molar-refractivity contribution in [3.05, 3.63) is 142 Å². The van der Waals surface area contributed by atoms with Crippen LogP contribution in [-0.4, -0.2) is 88.7 Å². The summed E-state index contributed by atoms with van der Waals surface area (Å²) in [5.41, 5.74) is 23.2. The van der Waals surface area contributed by atoms with Crippen LogP contribution in [0.15, 0.2) is 105 Å². The Morgan fingerprint density at radius 1 is 0.421 bits per heavy atom. The molecule has 3 aromatic heterocycles. The van der Waals surface area contributed by atoms with Gasteiger partial charge in [-0.2, -0.15) is 0 Å². The van der Waals surface area contributed by atoms with Crippen molar-refractivity contribution in [1.29, 1.82) is 0 Å². The van der Waals surface area contributed by atoms with E-state index in [0.29, 0.717) is 129 Å². The van der Waals surface area contributed by atoms with Crippen molar-refractivity contribution >= 4 is 52.5 Å². The van der Waals surface area contributed by atoms with Crippen LogP contribution >= 0.6 is 0 Å². The fourth-order valence-corrected chi connectivity index (χ4v) is 8.54. The molecule has 0 unspecified atom stereocenters. The van der Waals surface area contributed by atoms with Crippen molar-refractivity contribution < 1.29 is 42.3 Å². The van der Waals surface area contributed by atoms with Gasteiger partial charge in [0.25, 0.3) is 0 Å². The molecule has 3 atom stereocenters. The van der Waals surface area contributed by atoms with Gasteiger partial charge in [-0.05, 0) is 151 Å². The number of unbranched alkanes of at least 4 members (excludes halogenated alkanes) is 3. The molecule has 21 heteroatoms. The van der Waals surface area contributed by atoms with E-state index in [9.17, 15) is 28.8 Å². The van der Waals surface area contributed by atoms with E-state index in [4.69, 9.17) is 30.8 Å². The summed E-state index contributed by atoms with van der Waals surface area (Å²) in [4.78, 5) is 80.2. The van der Waals surface area contributed by atoms with Gasteiger partial charge in [0.05, 0.1) is 36.3 Å². The number of aromatic nitrogens is 3. The monoisotopic (exact) mass is 1040 g/mol. The van der Waals surface area contributed by atoms with Crippen LogP contribution in [0.25, 0.3) is 0 Å². The summed E-state index contributed by atoms with van der Waals surface area (Å²) in [6.07, 6.45) is 4.79. The molecule has 404 valence electrons. The Hall–Kier alpha value is -8.01. The first kappa shape index (κ1) is 57.3. The van der Waals surface area contributed by atoms with Crippen molar-refractivity contribution in [3.63, 3.8) is 0 Å². The number of benzene rings is 3.